The van der Waals surface area contributed by atoms with Gasteiger partial charge < -0.3 is 14.8 Å². The maximum Gasteiger partial charge on any atom is 0.335 e. The van der Waals surface area contributed by atoms with Crippen LogP contribution in [0.3, 0.4) is 0 Å². The molecule has 0 saturated carbocycles. The molecule has 1 aromatic heterocycles. The lowest BCUT2D eigenvalue weighted by atomic mass is 10.1. The van der Waals surface area contributed by atoms with E-state index in [-0.39, 0.29) is 5.56 Å². The molecule has 0 amide bonds. The van der Waals surface area contributed by atoms with Crippen LogP contribution in [0.15, 0.2) is 48.7 Å². The Bertz CT molecular complexity index is 805. The molecule has 21 heavy (non-hydrogen) atoms. The summed E-state index contributed by atoms with van der Waals surface area (Å²) in [6.45, 7) is 2.41. The van der Waals surface area contributed by atoms with Gasteiger partial charge in [-0.15, -0.1) is 0 Å². The van der Waals surface area contributed by atoms with Gasteiger partial charge in [-0.25, -0.2) is 4.79 Å². The number of hydrogen-bond donors (Lipinski definition) is 2. The van der Waals surface area contributed by atoms with Crippen molar-refractivity contribution in [1.29, 1.82) is 0 Å². The van der Waals surface area contributed by atoms with Crippen molar-refractivity contribution >= 4 is 16.9 Å². The van der Waals surface area contributed by atoms with Crippen molar-refractivity contribution in [2.75, 3.05) is 0 Å². The molecule has 0 aliphatic heterocycles. The molecule has 0 saturated heterocycles. The number of rotatable bonds is 4. The summed E-state index contributed by atoms with van der Waals surface area (Å²) in [5.74, 6) is -0.123. The monoisotopic (exact) mass is 281 g/mol. The first-order valence-corrected chi connectivity index (χ1v) is 6.66. The highest BCUT2D eigenvalue weighted by atomic mass is 16.5. The Morgan fingerprint density at radius 3 is 2.86 bits per heavy atom. The third kappa shape index (κ3) is 2.74. The minimum Gasteiger partial charge on any atom is -0.489 e. The van der Waals surface area contributed by atoms with E-state index >= 15 is 0 Å². The van der Waals surface area contributed by atoms with Crippen LogP contribution in [0.25, 0.3) is 10.9 Å². The van der Waals surface area contributed by atoms with Crippen LogP contribution >= 0.6 is 0 Å². The smallest absolute Gasteiger partial charge is 0.335 e. The summed E-state index contributed by atoms with van der Waals surface area (Å²) in [5, 5.41) is 9.95. The van der Waals surface area contributed by atoms with Gasteiger partial charge in [0.25, 0.3) is 0 Å². The van der Waals surface area contributed by atoms with E-state index in [0.29, 0.717) is 6.61 Å². The minimum absolute atomic E-state index is 0.277. The van der Waals surface area contributed by atoms with Crippen molar-refractivity contribution in [3.05, 3.63) is 65.4 Å². The largest absolute Gasteiger partial charge is 0.489 e. The van der Waals surface area contributed by atoms with Gasteiger partial charge in [0.2, 0.25) is 0 Å². The summed E-state index contributed by atoms with van der Waals surface area (Å²) in [6, 6.07) is 12.9. The van der Waals surface area contributed by atoms with Crippen LogP contribution in [0.1, 0.15) is 21.5 Å². The quantitative estimate of drug-likeness (QED) is 0.765. The lowest BCUT2D eigenvalue weighted by molar-refractivity contribution is 0.0697. The van der Waals surface area contributed by atoms with Crippen molar-refractivity contribution in [2.45, 2.75) is 13.5 Å². The molecule has 1 heterocycles. The van der Waals surface area contributed by atoms with E-state index in [1.807, 2.05) is 37.4 Å². The van der Waals surface area contributed by atoms with Gasteiger partial charge in [-0.1, -0.05) is 12.1 Å². The number of aromatic amines is 1. The zero-order valence-corrected chi connectivity index (χ0v) is 11.6. The number of hydrogen-bond acceptors (Lipinski definition) is 2. The molecule has 4 heteroatoms. The van der Waals surface area contributed by atoms with Gasteiger partial charge >= 0.3 is 5.97 Å². The van der Waals surface area contributed by atoms with Crippen molar-refractivity contribution in [1.82, 2.24) is 4.98 Å². The SMILES string of the molecule is Cc1cccc(OCc2c[nH]c3ccc(C(=O)O)cc23)c1. The molecular formula is C17H15NO3. The lowest BCUT2D eigenvalue weighted by Gasteiger charge is -2.06. The van der Waals surface area contributed by atoms with Crippen LogP contribution in [-0.4, -0.2) is 16.1 Å². The van der Waals surface area contributed by atoms with Gasteiger partial charge in [0, 0.05) is 22.7 Å². The molecule has 4 nitrogen and oxygen atoms in total. The predicted molar refractivity (Wildman–Crippen MR) is 80.8 cm³/mol. The van der Waals surface area contributed by atoms with Gasteiger partial charge in [-0.2, -0.15) is 0 Å². The molecule has 0 spiro atoms. The van der Waals surface area contributed by atoms with E-state index < -0.39 is 5.97 Å². The fraction of sp³-hybridized carbons (Fsp3) is 0.118. The molecular weight excluding hydrogens is 266 g/mol. The Balaban J connectivity index is 1.86. The Labute approximate surface area is 122 Å². The molecule has 0 aliphatic rings. The Kier molecular flexibility index (Phi) is 3.36. The minimum atomic E-state index is -0.927. The molecule has 0 bridgehead atoms. The number of fused-ring (bicyclic) bond motifs is 1. The molecule has 0 radical (unpaired) electrons. The number of carboxylic acid groups (broad SMARTS) is 1. The highest BCUT2D eigenvalue weighted by Crippen LogP contribution is 2.22. The first-order chi connectivity index (χ1) is 10.1. The van der Waals surface area contributed by atoms with Gasteiger partial charge in [-0.3, -0.25) is 0 Å². The number of ether oxygens (including phenoxy) is 1. The van der Waals surface area contributed by atoms with Crippen molar-refractivity contribution in [2.24, 2.45) is 0 Å². The highest BCUT2D eigenvalue weighted by molar-refractivity contribution is 5.94. The van der Waals surface area contributed by atoms with Crippen LogP contribution in [0.4, 0.5) is 0 Å². The summed E-state index contributed by atoms with van der Waals surface area (Å²) < 4.78 is 5.77. The van der Waals surface area contributed by atoms with Crippen LogP contribution < -0.4 is 4.74 Å². The number of aryl methyl sites for hydroxylation is 1. The molecule has 0 unspecified atom stereocenters. The standard InChI is InChI=1S/C17H15NO3/c1-11-3-2-4-14(7-11)21-10-13-9-18-16-6-5-12(17(19)20)8-15(13)16/h2-9,18H,10H2,1H3,(H,19,20). The molecule has 106 valence electrons. The third-order valence-corrected chi connectivity index (χ3v) is 3.40. The maximum atomic E-state index is 11.1. The summed E-state index contributed by atoms with van der Waals surface area (Å²) in [4.78, 5) is 14.2. The highest BCUT2D eigenvalue weighted by Gasteiger charge is 2.09. The van der Waals surface area contributed by atoms with Crippen LogP contribution in [-0.2, 0) is 6.61 Å². The number of nitrogens with one attached hydrogen (secondary N) is 1. The first kappa shape index (κ1) is 13.2. The average Bonchev–Trinajstić information content (AvgIpc) is 2.87. The van der Waals surface area contributed by atoms with E-state index in [0.717, 1.165) is 27.8 Å². The Hall–Kier alpha value is -2.75. The van der Waals surface area contributed by atoms with E-state index in [1.54, 1.807) is 18.2 Å². The number of benzene rings is 2. The van der Waals surface area contributed by atoms with E-state index in [1.165, 1.54) is 0 Å². The van der Waals surface area contributed by atoms with Gasteiger partial charge in [0.1, 0.15) is 12.4 Å². The fourth-order valence-corrected chi connectivity index (χ4v) is 2.30. The first-order valence-electron chi connectivity index (χ1n) is 6.66. The average molecular weight is 281 g/mol. The second-order valence-electron chi connectivity index (χ2n) is 4.98. The number of aromatic nitrogens is 1. The van der Waals surface area contributed by atoms with Crippen molar-refractivity contribution < 1.29 is 14.6 Å². The van der Waals surface area contributed by atoms with Gasteiger partial charge in [-0.05, 0) is 42.8 Å². The molecule has 0 atom stereocenters. The third-order valence-electron chi connectivity index (χ3n) is 3.40. The summed E-state index contributed by atoms with van der Waals surface area (Å²) >= 11 is 0. The van der Waals surface area contributed by atoms with Crippen LogP contribution in [0.2, 0.25) is 0 Å². The Morgan fingerprint density at radius 2 is 2.10 bits per heavy atom. The second-order valence-corrected chi connectivity index (χ2v) is 4.98. The number of H-pyrrole nitrogens is 1. The zero-order valence-electron chi connectivity index (χ0n) is 11.6. The number of carboxylic acids is 1. The molecule has 2 aromatic carbocycles. The van der Waals surface area contributed by atoms with Gasteiger partial charge in [0.15, 0.2) is 0 Å². The fourth-order valence-electron chi connectivity index (χ4n) is 2.30. The van der Waals surface area contributed by atoms with Crippen LogP contribution in [0, 0.1) is 6.92 Å². The summed E-state index contributed by atoms with van der Waals surface area (Å²) in [6.07, 6.45) is 1.85. The van der Waals surface area contributed by atoms with E-state index in [4.69, 9.17) is 9.84 Å². The normalized spacial score (nSPS) is 10.7. The summed E-state index contributed by atoms with van der Waals surface area (Å²) in [7, 11) is 0. The second kappa shape index (κ2) is 5.32. The van der Waals surface area contributed by atoms with E-state index in [9.17, 15) is 4.79 Å². The zero-order chi connectivity index (χ0) is 14.8. The maximum absolute atomic E-state index is 11.1. The number of carbonyl (C=O) groups is 1. The molecule has 0 fully saturated rings. The molecule has 3 aromatic rings. The van der Waals surface area contributed by atoms with Gasteiger partial charge in [0.05, 0.1) is 5.56 Å². The van der Waals surface area contributed by atoms with Crippen LogP contribution in [0.5, 0.6) is 5.75 Å². The predicted octanol–water partition coefficient (Wildman–Crippen LogP) is 3.75. The molecule has 0 aliphatic carbocycles. The topological polar surface area (TPSA) is 62.3 Å². The Morgan fingerprint density at radius 1 is 1.24 bits per heavy atom. The lowest BCUT2D eigenvalue weighted by Crippen LogP contribution is -1.97. The van der Waals surface area contributed by atoms with Crippen molar-refractivity contribution in [3.63, 3.8) is 0 Å². The molecule has 3 rings (SSSR count). The summed E-state index contributed by atoms with van der Waals surface area (Å²) in [5.41, 5.74) is 3.26. The van der Waals surface area contributed by atoms with E-state index in [2.05, 4.69) is 4.98 Å². The number of aromatic carboxylic acids is 1. The molecule has 2 N–H and O–H groups in total. The van der Waals surface area contributed by atoms with Crippen molar-refractivity contribution in [3.8, 4) is 5.75 Å².